The Hall–Kier alpha value is -1.22. The summed E-state index contributed by atoms with van der Waals surface area (Å²) >= 11 is 0. The smallest absolute Gasteiger partial charge is 0.0257 e. The maximum atomic E-state index is 2.31. The second-order valence-electron chi connectivity index (χ2n) is 9.22. The topological polar surface area (TPSA) is 0 Å². The molecule has 0 atom stereocenters. The van der Waals surface area contributed by atoms with Crippen molar-refractivity contribution in [1.82, 2.24) is 0 Å². The minimum absolute atomic E-state index is 0.439. The van der Waals surface area contributed by atoms with Crippen LogP contribution in [0, 0.1) is 0 Å². The van der Waals surface area contributed by atoms with E-state index in [0.717, 1.165) is 0 Å². The van der Waals surface area contributed by atoms with Gasteiger partial charge in [-0.1, -0.05) is 165 Å². The molecule has 0 saturated carbocycles. The van der Waals surface area contributed by atoms with Gasteiger partial charge < -0.3 is 0 Å². The molecule has 2 heteroatoms. The van der Waals surface area contributed by atoms with Crippen LogP contribution in [0.2, 0.25) is 0 Å². The molecule has 0 heterocycles. The minimum atomic E-state index is 0.439. The number of allylic oxidation sites excluding steroid dienone is 2. The zero-order valence-electron chi connectivity index (χ0n) is 24.5. The van der Waals surface area contributed by atoms with Crippen LogP contribution in [0.1, 0.15) is 91.2 Å². The third-order valence-corrected chi connectivity index (χ3v) is 12.0. The van der Waals surface area contributed by atoms with Crippen molar-refractivity contribution in [3.63, 3.8) is 0 Å². The molecule has 2 aromatic rings. The van der Waals surface area contributed by atoms with E-state index < -0.39 is 0 Å². The number of benzene rings is 2. The molecule has 0 fully saturated rings. The van der Waals surface area contributed by atoms with Gasteiger partial charge in [0.2, 0.25) is 0 Å². The molecule has 2 aromatic carbocycles. The molecule has 0 unspecified atom stereocenters. The van der Waals surface area contributed by atoms with Gasteiger partial charge in [0.05, 0.1) is 0 Å². The zero-order valence-corrected chi connectivity index (χ0v) is 26.3. The van der Waals surface area contributed by atoms with Crippen molar-refractivity contribution in [2.24, 2.45) is 0 Å². The molecule has 0 bridgehead atoms. The predicted octanol–water partition coefficient (Wildman–Crippen LogP) is 11.8. The molecule has 0 saturated heterocycles. The van der Waals surface area contributed by atoms with Crippen molar-refractivity contribution in [2.45, 2.75) is 80.1 Å². The average Bonchev–Trinajstić information content (AvgIpc) is 2.90. The average molecular weight is 527 g/mol. The van der Waals surface area contributed by atoms with Crippen molar-refractivity contribution >= 4 is 28.0 Å². The predicted molar refractivity (Wildman–Crippen MR) is 176 cm³/mol. The van der Waals surface area contributed by atoms with Gasteiger partial charge in [-0.3, -0.25) is 0 Å². The lowest BCUT2D eigenvalue weighted by atomic mass is 10.2. The van der Waals surface area contributed by atoms with Crippen LogP contribution in [-0.4, -0.2) is 37.0 Å². The molecule has 0 N–H and O–H groups in total. The van der Waals surface area contributed by atoms with Gasteiger partial charge in [0.1, 0.15) is 0 Å². The SMILES string of the molecule is C(/C=C/c1ccccc1)=C\c1ccccc1.CCCP(CCC)CCC.CCCP(CCC)CCC. The second-order valence-corrected chi connectivity index (χ2v) is 14.6. The Balaban J connectivity index is 0.000000540. The maximum Gasteiger partial charge on any atom is -0.0257 e. The summed E-state index contributed by atoms with van der Waals surface area (Å²) in [5, 5.41) is 0. The fraction of sp³-hybridized carbons (Fsp3) is 0.529. The van der Waals surface area contributed by atoms with Gasteiger partial charge in [-0.25, -0.2) is 0 Å². The third-order valence-electron chi connectivity index (χ3n) is 5.53. The van der Waals surface area contributed by atoms with E-state index in [0.29, 0.717) is 15.8 Å². The van der Waals surface area contributed by atoms with Crippen LogP contribution in [-0.2, 0) is 0 Å². The van der Waals surface area contributed by atoms with E-state index >= 15 is 0 Å². The molecule has 0 nitrogen and oxygen atoms in total. The van der Waals surface area contributed by atoms with Gasteiger partial charge in [0.25, 0.3) is 0 Å². The van der Waals surface area contributed by atoms with Gasteiger partial charge in [-0.2, -0.15) is 0 Å². The number of rotatable bonds is 15. The van der Waals surface area contributed by atoms with Gasteiger partial charge in [0.15, 0.2) is 0 Å². The molecule has 2 rings (SSSR count). The summed E-state index contributed by atoms with van der Waals surface area (Å²) in [6.07, 6.45) is 25.7. The third kappa shape index (κ3) is 20.9. The molecule has 0 aliphatic rings. The highest BCUT2D eigenvalue weighted by Crippen LogP contribution is 2.37. The first kappa shape index (κ1) is 34.8. The Morgan fingerprint density at radius 2 is 0.667 bits per heavy atom. The summed E-state index contributed by atoms with van der Waals surface area (Å²) in [4.78, 5) is 0. The van der Waals surface area contributed by atoms with E-state index in [-0.39, 0.29) is 0 Å². The van der Waals surface area contributed by atoms with Crippen molar-refractivity contribution in [3.05, 3.63) is 83.9 Å². The van der Waals surface area contributed by atoms with Crippen molar-refractivity contribution in [1.29, 1.82) is 0 Å². The van der Waals surface area contributed by atoms with Crippen molar-refractivity contribution < 1.29 is 0 Å². The Morgan fingerprint density at radius 1 is 0.417 bits per heavy atom. The van der Waals surface area contributed by atoms with Gasteiger partial charge >= 0.3 is 0 Å². The molecular formula is C34H56P2. The lowest BCUT2D eigenvalue weighted by molar-refractivity contribution is 1.02. The quantitative estimate of drug-likeness (QED) is 0.160. The van der Waals surface area contributed by atoms with Gasteiger partial charge in [-0.05, 0) is 48.1 Å². The lowest BCUT2D eigenvalue weighted by Crippen LogP contribution is -1.92. The number of hydrogen-bond acceptors (Lipinski definition) is 0. The Labute approximate surface area is 228 Å². The Bertz CT molecular complexity index is 642. The summed E-state index contributed by atoms with van der Waals surface area (Å²) in [6.45, 7) is 13.8. The van der Waals surface area contributed by atoms with E-state index in [1.54, 1.807) is 0 Å². The lowest BCUT2D eigenvalue weighted by Gasteiger charge is -2.13. The van der Waals surface area contributed by atoms with Crippen LogP contribution in [0.25, 0.3) is 12.2 Å². The van der Waals surface area contributed by atoms with Crippen LogP contribution >= 0.6 is 15.8 Å². The van der Waals surface area contributed by atoms with Crippen molar-refractivity contribution in [2.75, 3.05) is 37.0 Å². The van der Waals surface area contributed by atoms with E-state index in [9.17, 15) is 0 Å². The van der Waals surface area contributed by atoms with Crippen LogP contribution in [0.15, 0.2) is 72.8 Å². The molecule has 0 radical (unpaired) electrons. The fourth-order valence-electron chi connectivity index (χ4n) is 4.03. The summed E-state index contributed by atoms with van der Waals surface area (Å²) in [5.41, 5.74) is 2.44. The van der Waals surface area contributed by atoms with E-state index in [1.165, 1.54) is 86.6 Å². The van der Waals surface area contributed by atoms with Crippen LogP contribution in [0.4, 0.5) is 0 Å². The summed E-state index contributed by atoms with van der Waals surface area (Å²) in [6, 6.07) is 20.6. The van der Waals surface area contributed by atoms with Crippen LogP contribution in [0.3, 0.4) is 0 Å². The molecule has 202 valence electrons. The minimum Gasteiger partial charge on any atom is -0.107 e. The van der Waals surface area contributed by atoms with Crippen LogP contribution in [0.5, 0.6) is 0 Å². The molecule has 36 heavy (non-hydrogen) atoms. The van der Waals surface area contributed by atoms with E-state index in [1.807, 2.05) is 36.4 Å². The highest BCUT2D eigenvalue weighted by atomic mass is 31.1. The van der Waals surface area contributed by atoms with Gasteiger partial charge in [-0.15, -0.1) is 15.8 Å². The van der Waals surface area contributed by atoms with E-state index in [4.69, 9.17) is 0 Å². The summed E-state index contributed by atoms with van der Waals surface area (Å²) in [7, 11) is 0.878. The summed E-state index contributed by atoms with van der Waals surface area (Å²) < 4.78 is 0. The molecule has 0 aliphatic heterocycles. The first-order chi connectivity index (χ1) is 17.6. The molecule has 0 aliphatic carbocycles. The van der Waals surface area contributed by atoms with Gasteiger partial charge in [0, 0.05) is 0 Å². The zero-order chi connectivity index (χ0) is 26.7. The van der Waals surface area contributed by atoms with Crippen LogP contribution < -0.4 is 0 Å². The fourth-order valence-corrected chi connectivity index (χ4v) is 9.17. The molecular weight excluding hydrogens is 470 g/mol. The monoisotopic (exact) mass is 526 g/mol. The first-order valence-electron chi connectivity index (χ1n) is 14.5. The van der Waals surface area contributed by atoms with E-state index in [2.05, 4.69) is 90.1 Å². The molecule has 0 spiro atoms. The Kier molecular flexibility index (Phi) is 25.9. The highest BCUT2D eigenvalue weighted by molar-refractivity contribution is 7.57. The second kappa shape index (κ2) is 26.8. The number of hydrogen-bond donors (Lipinski definition) is 0. The summed E-state index contributed by atoms with van der Waals surface area (Å²) in [5.74, 6) is 0. The standard InChI is InChI=1S/C16H14.2C9H21P/c1-3-9-15(10-4-1)13-7-8-14-16-11-5-2-6-12-16;2*1-4-7-10(8-5-2)9-6-3/h1-14H;2*4-9H2,1-3H3/b13-7+,14-8+;;. The largest absolute Gasteiger partial charge is 0.107 e. The normalized spacial score (nSPS) is 11.0. The first-order valence-corrected chi connectivity index (χ1v) is 18.3. The molecule has 0 amide bonds. The van der Waals surface area contributed by atoms with Crippen molar-refractivity contribution in [3.8, 4) is 0 Å². The maximum absolute atomic E-state index is 2.31. The Morgan fingerprint density at radius 3 is 0.889 bits per heavy atom. The molecule has 0 aromatic heterocycles. The highest BCUT2D eigenvalue weighted by Gasteiger charge is 2.03.